The van der Waals surface area contributed by atoms with Gasteiger partial charge in [-0.3, -0.25) is 9.59 Å². The molecule has 2 saturated heterocycles. The van der Waals surface area contributed by atoms with Gasteiger partial charge in [-0.15, -0.1) is 0 Å². The fourth-order valence-corrected chi connectivity index (χ4v) is 3.36. The number of ether oxygens (including phenoxy) is 1. The number of carbonyl (C=O) groups excluding carboxylic acids is 2. The normalized spacial score (nSPS) is 35.3. The summed E-state index contributed by atoms with van der Waals surface area (Å²) in [5.41, 5.74) is 0.538. The highest BCUT2D eigenvalue weighted by Crippen LogP contribution is 2.46. The summed E-state index contributed by atoms with van der Waals surface area (Å²) in [6, 6.07) is 6.80. The summed E-state index contributed by atoms with van der Waals surface area (Å²) in [4.78, 5) is 26.1. The molecule has 96 valence electrons. The summed E-state index contributed by atoms with van der Waals surface area (Å²) in [6.45, 7) is 0. The van der Waals surface area contributed by atoms with Crippen molar-refractivity contribution in [1.82, 2.24) is 0 Å². The van der Waals surface area contributed by atoms with Crippen LogP contribution in [0.25, 0.3) is 0 Å². The summed E-state index contributed by atoms with van der Waals surface area (Å²) in [5.74, 6) is -1.12. The fourth-order valence-electron chi connectivity index (χ4n) is 3.17. The standard InChI is InChI=1S/C14H10ClNO3/c15-7-2-1-3-8(6-7)16-13(17)11-9-4-5-10(19-9)12(11)14(16)18/h1-6,9-12H/t9-,10-,11-,12+/m1/s1. The van der Waals surface area contributed by atoms with E-state index in [1.54, 1.807) is 24.3 Å². The molecule has 0 aromatic heterocycles. The second kappa shape index (κ2) is 3.68. The van der Waals surface area contributed by atoms with Gasteiger partial charge in [0.15, 0.2) is 0 Å². The number of rotatable bonds is 1. The zero-order valence-electron chi connectivity index (χ0n) is 9.82. The number of anilines is 1. The van der Waals surface area contributed by atoms with E-state index < -0.39 is 0 Å². The molecular formula is C14H10ClNO3. The molecule has 3 heterocycles. The smallest absolute Gasteiger partial charge is 0.240 e. The van der Waals surface area contributed by atoms with Gasteiger partial charge in [0.1, 0.15) is 0 Å². The van der Waals surface area contributed by atoms with E-state index in [2.05, 4.69) is 0 Å². The summed E-state index contributed by atoms with van der Waals surface area (Å²) < 4.78 is 5.58. The number of carbonyl (C=O) groups is 2. The van der Waals surface area contributed by atoms with E-state index in [0.717, 1.165) is 0 Å². The molecule has 5 heteroatoms. The Morgan fingerprint density at radius 3 is 2.26 bits per heavy atom. The molecule has 3 aliphatic rings. The van der Waals surface area contributed by atoms with Crippen molar-refractivity contribution < 1.29 is 14.3 Å². The molecule has 0 spiro atoms. The Hall–Kier alpha value is -1.65. The number of benzene rings is 1. The molecule has 4 rings (SSSR count). The van der Waals surface area contributed by atoms with E-state index in [4.69, 9.17) is 16.3 Å². The molecule has 1 aromatic rings. The minimum Gasteiger partial charge on any atom is -0.365 e. The molecule has 4 atom stereocenters. The zero-order valence-corrected chi connectivity index (χ0v) is 10.6. The molecule has 2 bridgehead atoms. The van der Waals surface area contributed by atoms with Gasteiger partial charge < -0.3 is 4.74 Å². The van der Waals surface area contributed by atoms with E-state index in [1.807, 2.05) is 12.2 Å². The first-order valence-electron chi connectivity index (χ1n) is 6.14. The lowest BCUT2D eigenvalue weighted by Gasteiger charge is -2.17. The van der Waals surface area contributed by atoms with Crippen LogP contribution in [0.1, 0.15) is 0 Å². The second-order valence-corrected chi connectivity index (χ2v) is 5.43. The first-order chi connectivity index (χ1) is 9.16. The van der Waals surface area contributed by atoms with Crippen molar-refractivity contribution in [1.29, 1.82) is 0 Å². The highest BCUT2D eigenvalue weighted by atomic mass is 35.5. The summed E-state index contributed by atoms with van der Waals surface area (Å²) >= 11 is 5.92. The van der Waals surface area contributed by atoms with Crippen molar-refractivity contribution in [2.45, 2.75) is 12.2 Å². The van der Waals surface area contributed by atoms with Crippen LogP contribution in [0.15, 0.2) is 36.4 Å². The molecule has 3 aliphatic heterocycles. The molecule has 2 fully saturated rings. The van der Waals surface area contributed by atoms with Crippen LogP contribution >= 0.6 is 11.6 Å². The van der Waals surface area contributed by atoms with Crippen molar-refractivity contribution >= 4 is 29.1 Å². The van der Waals surface area contributed by atoms with Gasteiger partial charge >= 0.3 is 0 Å². The predicted octanol–water partition coefficient (Wildman–Crippen LogP) is 1.78. The van der Waals surface area contributed by atoms with Gasteiger partial charge in [-0.05, 0) is 18.2 Å². The van der Waals surface area contributed by atoms with E-state index in [0.29, 0.717) is 10.7 Å². The molecule has 0 saturated carbocycles. The minimum absolute atomic E-state index is 0.186. The highest BCUT2D eigenvalue weighted by molar-refractivity contribution is 6.31. The third-order valence-corrected chi connectivity index (χ3v) is 4.21. The zero-order chi connectivity index (χ0) is 13.1. The molecule has 0 N–H and O–H groups in total. The minimum atomic E-state index is -0.374. The van der Waals surface area contributed by atoms with Crippen molar-refractivity contribution in [3.8, 4) is 0 Å². The van der Waals surface area contributed by atoms with Crippen LogP contribution in [0.5, 0.6) is 0 Å². The number of halogens is 1. The molecule has 0 aliphatic carbocycles. The Labute approximate surface area is 114 Å². The Bertz CT molecular complexity index is 597. The SMILES string of the molecule is O=C1[C@@H]2[C@H](C(=O)N1c1cccc(Cl)c1)[C@H]1C=C[C@H]2O1. The van der Waals surface area contributed by atoms with Crippen LogP contribution in [0, 0.1) is 11.8 Å². The number of imide groups is 1. The van der Waals surface area contributed by atoms with Crippen molar-refractivity contribution in [3.05, 3.63) is 41.4 Å². The lowest BCUT2D eigenvalue weighted by Crippen LogP contribution is -2.34. The first kappa shape index (κ1) is 11.2. The van der Waals surface area contributed by atoms with Gasteiger partial charge in [0.25, 0.3) is 0 Å². The average molecular weight is 276 g/mol. The Morgan fingerprint density at radius 1 is 1.05 bits per heavy atom. The molecule has 0 unspecified atom stereocenters. The average Bonchev–Trinajstić information content (AvgIpc) is 3.04. The van der Waals surface area contributed by atoms with Gasteiger partial charge in [0.2, 0.25) is 11.8 Å². The first-order valence-corrected chi connectivity index (χ1v) is 6.52. The van der Waals surface area contributed by atoms with Gasteiger partial charge in [0.05, 0.1) is 29.7 Å². The number of amides is 2. The van der Waals surface area contributed by atoms with Gasteiger partial charge in [-0.1, -0.05) is 29.8 Å². The lowest BCUT2D eigenvalue weighted by molar-refractivity contribution is -0.124. The van der Waals surface area contributed by atoms with E-state index in [-0.39, 0.29) is 35.9 Å². The van der Waals surface area contributed by atoms with E-state index >= 15 is 0 Å². The van der Waals surface area contributed by atoms with Crippen LogP contribution < -0.4 is 4.90 Å². The maximum absolute atomic E-state index is 12.4. The summed E-state index contributed by atoms with van der Waals surface area (Å²) in [5, 5.41) is 0.507. The molecule has 2 amide bonds. The molecule has 4 nitrogen and oxygen atoms in total. The van der Waals surface area contributed by atoms with Crippen LogP contribution in [-0.2, 0) is 14.3 Å². The van der Waals surface area contributed by atoms with Gasteiger partial charge in [-0.25, -0.2) is 4.90 Å². The van der Waals surface area contributed by atoms with E-state index in [9.17, 15) is 9.59 Å². The monoisotopic (exact) mass is 275 g/mol. The summed E-state index contributed by atoms with van der Waals surface area (Å²) in [6.07, 6.45) is 3.24. The Morgan fingerprint density at radius 2 is 1.68 bits per heavy atom. The predicted molar refractivity (Wildman–Crippen MR) is 68.7 cm³/mol. The van der Waals surface area contributed by atoms with Crippen molar-refractivity contribution in [2.75, 3.05) is 4.90 Å². The molecule has 0 radical (unpaired) electrons. The fraction of sp³-hybridized carbons (Fsp3) is 0.286. The van der Waals surface area contributed by atoms with Crippen LogP contribution in [0.4, 0.5) is 5.69 Å². The van der Waals surface area contributed by atoms with E-state index in [1.165, 1.54) is 4.90 Å². The lowest BCUT2D eigenvalue weighted by atomic mass is 9.85. The number of fused-ring (bicyclic) bond motifs is 5. The molecule has 19 heavy (non-hydrogen) atoms. The molecular weight excluding hydrogens is 266 g/mol. The number of nitrogens with zero attached hydrogens (tertiary/aromatic N) is 1. The highest BCUT2D eigenvalue weighted by Gasteiger charge is 2.60. The number of hydrogen-bond donors (Lipinski definition) is 0. The maximum atomic E-state index is 12.4. The molecule has 1 aromatic carbocycles. The van der Waals surface area contributed by atoms with Crippen molar-refractivity contribution in [2.24, 2.45) is 11.8 Å². The van der Waals surface area contributed by atoms with Crippen LogP contribution in [-0.4, -0.2) is 24.0 Å². The van der Waals surface area contributed by atoms with Gasteiger partial charge in [0, 0.05) is 5.02 Å². The maximum Gasteiger partial charge on any atom is 0.240 e. The van der Waals surface area contributed by atoms with Crippen LogP contribution in [0.3, 0.4) is 0 Å². The third kappa shape index (κ3) is 1.38. The number of hydrogen-bond acceptors (Lipinski definition) is 3. The van der Waals surface area contributed by atoms with Gasteiger partial charge in [-0.2, -0.15) is 0 Å². The van der Waals surface area contributed by atoms with Crippen LogP contribution in [0.2, 0.25) is 5.02 Å². The Kier molecular flexibility index (Phi) is 2.17. The second-order valence-electron chi connectivity index (χ2n) is 4.99. The largest absolute Gasteiger partial charge is 0.365 e. The quantitative estimate of drug-likeness (QED) is 0.580. The third-order valence-electron chi connectivity index (χ3n) is 3.98. The van der Waals surface area contributed by atoms with Crippen molar-refractivity contribution in [3.63, 3.8) is 0 Å². The topological polar surface area (TPSA) is 46.6 Å². The Balaban J connectivity index is 1.77. The summed E-state index contributed by atoms with van der Waals surface area (Å²) in [7, 11) is 0.